The summed E-state index contributed by atoms with van der Waals surface area (Å²) in [6, 6.07) is 30.2. The van der Waals surface area contributed by atoms with Crippen LogP contribution < -0.4 is 5.32 Å². The normalized spacial score (nSPS) is 12.5. The molecule has 0 fully saturated rings. The highest BCUT2D eigenvalue weighted by Crippen LogP contribution is 2.40. The van der Waals surface area contributed by atoms with Crippen molar-refractivity contribution in [2.75, 3.05) is 5.32 Å². The third kappa shape index (κ3) is 3.20. The van der Waals surface area contributed by atoms with E-state index in [0.717, 1.165) is 22.6 Å². The molecule has 1 N–H and O–H groups in total. The van der Waals surface area contributed by atoms with Crippen LogP contribution in [0.1, 0.15) is 6.92 Å². The molecule has 3 heteroatoms. The summed E-state index contributed by atoms with van der Waals surface area (Å²) in [7, 11) is 2.14. The van der Waals surface area contributed by atoms with Crippen LogP contribution in [0.5, 0.6) is 0 Å². The summed E-state index contributed by atoms with van der Waals surface area (Å²) in [5.74, 6) is 0. The number of para-hydroxylation sites is 3. The summed E-state index contributed by atoms with van der Waals surface area (Å²) in [6.45, 7) is 5.99. The van der Waals surface area contributed by atoms with E-state index in [1.165, 1.54) is 38.1 Å². The standard InChI is InChI=1S/C32H27N3/c1-4-12-22(13-5-2)35-29-20-9-7-15-25(29)31-26(17-11-21-30(31)35)33-27-18-10-16-24-23-14-6-8-19-28(23)34(3)32(24)27/h4-21,33H,1H2,2-3H3/b13-5-,22-12+. The van der Waals surface area contributed by atoms with Crippen molar-refractivity contribution in [1.29, 1.82) is 0 Å². The van der Waals surface area contributed by atoms with E-state index in [1.807, 2.05) is 13.0 Å². The SMILES string of the molecule is C=C/C=C(\C=C/C)n1c2ccccc2c2c(Nc3cccc4c5ccccc5n(C)c34)cccc21. The number of hydrogen-bond acceptors (Lipinski definition) is 1. The van der Waals surface area contributed by atoms with Gasteiger partial charge in [-0.3, -0.25) is 0 Å². The Hall–Kier alpha value is -4.50. The van der Waals surface area contributed by atoms with Gasteiger partial charge in [0.25, 0.3) is 0 Å². The third-order valence-corrected chi connectivity index (χ3v) is 6.78. The van der Waals surface area contributed by atoms with Crippen LogP contribution in [0.4, 0.5) is 11.4 Å². The van der Waals surface area contributed by atoms with Gasteiger partial charge in [-0.1, -0.05) is 73.3 Å². The highest BCUT2D eigenvalue weighted by molar-refractivity contribution is 6.18. The number of nitrogens with one attached hydrogen (secondary N) is 1. The lowest BCUT2D eigenvalue weighted by molar-refractivity contribution is 1.01. The second kappa shape index (κ2) is 8.37. The van der Waals surface area contributed by atoms with Crippen LogP contribution in [-0.4, -0.2) is 9.13 Å². The maximum atomic E-state index is 3.94. The van der Waals surface area contributed by atoms with E-state index < -0.39 is 0 Å². The van der Waals surface area contributed by atoms with E-state index in [1.54, 1.807) is 0 Å². The first-order valence-corrected chi connectivity index (χ1v) is 11.9. The maximum Gasteiger partial charge on any atom is 0.0727 e. The first kappa shape index (κ1) is 21.1. The molecule has 4 aromatic carbocycles. The second-order valence-electron chi connectivity index (χ2n) is 8.78. The molecule has 0 amide bonds. The van der Waals surface area contributed by atoms with Gasteiger partial charge in [-0.05, 0) is 49.4 Å². The molecule has 35 heavy (non-hydrogen) atoms. The summed E-state index contributed by atoms with van der Waals surface area (Å²) in [5, 5.41) is 8.76. The molecule has 0 unspecified atom stereocenters. The molecule has 3 nitrogen and oxygen atoms in total. The Kier molecular flexibility index (Phi) is 5.04. The Balaban J connectivity index is 1.63. The van der Waals surface area contributed by atoms with Gasteiger partial charge in [0.05, 0.1) is 22.2 Å². The Morgan fingerprint density at radius 3 is 2.20 bits per heavy atom. The van der Waals surface area contributed by atoms with E-state index in [2.05, 4.69) is 131 Å². The van der Waals surface area contributed by atoms with Crippen LogP contribution in [0.2, 0.25) is 0 Å². The van der Waals surface area contributed by atoms with Gasteiger partial charge < -0.3 is 14.5 Å². The van der Waals surface area contributed by atoms with Gasteiger partial charge in [0.15, 0.2) is 0 Å². The van der Waals surface area contributed by atoms with E-state index >= 15 is 0 Å². The fourth-order valence-electron chi connectivity index (χ4n) is 5.38. The number of anilines is 2. The van der Waals surface area contributed by atoms with Crippen LogP contribution in [0.25, 0.3) is 49.3 Å². The molecular weight excluding hydrogens is 426 g/mol. The summed E-state index contributed by atoms with van der Waals surface area (Å²) in [4.78, 5) is 0. The average Bonchev–Trinajstić information content (AvgIpc) is 3.38. The number of hydrogen-bond donors (Lipinski definition) is 1. The Bertz CT molecular complexity index is 1810. The molecule has 0 radical (unpaired) electrons. The van der Waals surface area contributed by atoms with Crippen LogP contribution in [0.3, 0.4) is 0 Å². The quantitative estimate of drug-likeness (QED) is 0.259. The zero-order valence-electron chi connectivity index (χ0n) is 20.0. The number of nitrogens with zero attached hydrogens (tertiary/aromatic N) is 2. The number of allylic oxidation sites excluding steroid dienone is 5. The number of benzene rings is 4. The zero-order chi connectivity index (χ0) is 23.9. The van der Waals surface area contributed by atoms with Gasteiger partial charge in [0, 0.05) is 45.5 Å². The van der Waals surface area contributed by atoms with Crippen molar-refractivity contribution in [3.8, 4) is 0 Å². The first-order chi connectivity index (χ1) is 17.2. The Morgan fingerprint density at radius 1 is 0.743 bits per heavy atom. The van der Waals surface area contributed by atoms with Crippen LogP contribution in [0.15, 0.2) is 116 Å². The van der Waals surface area contributed by atoms with Crippen LogP contribution in [0, 0.1) is 0 Å². The minimum absolute atomic E-state index is 1.08. The third-order valence-electron chi connectivity index (χ3n) is 6.78. The molecular formula is C32H27N3. The van der Waals surface area contributed by atoms with Gasteiger partial charge in [-0.2, -0.15) is 0 Å². The largest absolute Gasteiger partial charge is 0.353 e. The van der Waals surface area contributed by atoms with Crippen molar-refractivity contribution in [3.63, 3.8) is 0 Å². The van der Waals surface area contributed by atoms with Gasteiger partial charge in [-0.15, -0.1) is 0 Å². The summed E-state index contributed by atoms with van der Waals surface area (Å²) >= 11 is 0. The molecule has 0 saturated carbocycles. The predicted octanol–water partition coefficient (Wildman–Crippen LogP) is 8.79. The van der Waals surface area contributed by atoms with Gasteiger partial charge in [0.1, 0.15) is 0 Å². The average molecular weight is 454 g/mol. The van der Waals surface area contributed by atoms with Crippen molar-refractivity contribution >= 4 is 60.7 Å². The summed E-state index contributed by atoms with van der Waals surface area (Å²) < 4.78 is 4.60. The molecule has 6 aromatic rings. The van der Waals surface area contributed by atoms with E-state index in [9.17, 15) is 0 Å². The van der Waals surface area contributed by atoms with Crippen molar-refractivity contribution < 1.29 is 0 Å². The number of fused-ring (bicyclic) bond motifs is 6. The Labute approximate surface area is 204 Å². The van der Waals surface area contributed by atoms with Crippen LogP contribution in [-0.2, 0) is 7.05 Å². The first-order valence-electron chi connectivity index (χ1n) is 11.9. The van der Waals surface area contributed by atoms with Crippen molar-refractivity contribution in [1.82, 2.24) is 9.13 Å². The zero-order valence-corrected chi connectivity index (χ0v) is 20.0. The summed E-state index contributed by atoms with van der Waals surface area (Å²) in [5.41, 5.74) is 8.04. The minimum Gasteiger partial charge on any atom is -0.353 e. The number of aromatic nitrogens is 2. The predicted molar refractivity (Wildman–Crippen MR) is 152 cm³/mol. The molecule has 0 aliphatic heterocycles. The molecule has 0 spiro atoms. The molecule has 6 rings (SSSR count). The molecule has 2 heterocycles. The highest BCUT2D eigenvalue weighted by Gasteiger charge is 2.17. The Morgan fingerprint density at radius 2 is 1.40 bits per heavy atom. The second-order valence-corrected chi connectivity index (χ2v) is 8.78. The van der Waals surface area contributed by atoms with Gasteiger partial charge >= 0.3 is 0 Å². The lowest BCUT2D eigenvalue weighted by Crippen LogP contribution is -1.97. The molecule has 0 bridgehead atoms. The van der Waals surface area contributed by atoms with Crippen LogP contribution >= 0.6 is 0 Å². The van der Waals surface area contributed by atoms with E-state index in [4.69, 9.17) is 0 Å². The molecule has 2 aromatic heterocycles. The van der Waals surface area contributed by atoms with Crippen molar-refractivity contribution in [2.24, 2.45) is 7.05 Å². The molecule has 0 aliphatic carbocycles. The molecule has 170 valence electrons. The number of rotatable bonds is 5. The van der Waals surface area contributed by atoms with Gasteiger partial charge in [0.2, 0.25) is 0 Å². The highest BCUT2D eigenvalue weighted by atomic mass is 15.0. The number of aryl methyl sites for hydroxylation is 1. The van der Waals surface area contributed by atoms with Crippen molar-refractivity contribution in [2.45, 2.75) is 6.92 Å². The lowest BCUT2D eigenvalue weighted by Gasteiger charge is -2.12. The fourth-order valence-corrected chi connectivity index (χ4v) is 5.38. The smallest absolute Gasteiger partial charge is 0.0727 e. The van der Waals surface area contributed by atoms with Crippen molar-refractivity contribution in [3.05, 3.63) is 116 Å². The minimum atomic E-state index is 1.08. The summed E-state index contributed by atoms with van der Waals surface area (Å²) in [6.07, 6.45) is 8.10. The van der Waals surface area contributed by atoms with Gasteiger partial charge in [-0.25, -0.2) is 0 Å². The maximum absolute atomic E-state index is 3.94. The van der Waals surface area contributed by atoms with E-state index in [0.29, 0.717) is 0 Å². The monoisotopic (exact) mass is 453 g/mol. The van der Waals surface area contributed by atoms with E-state index in [-0.39, 0.29) is 0 Å². The molecule has 0 saturated heterocycles. The topological polar surface area (TPSA) is 21.9 Å². The lowest BCUT2D eigenvalue weighted by atomic mass is 10.1. The molecule has 0 aliphatic rings. The fraction of sp³-hybridized carbons (Fsp3) is 0.0625. The molecule has 0 atom stereocenters.